The molecule has 7 heteroatoms. The maximum absolute atomic E-state index is 12.3. The Morgan fingerprint density at radius 3 is 2.67 bits per heavy atom. The molecule has 2 N–H and O–H groups in total. The smallest absolute Gasteiger partial charge is 0.314 e. The lowest BCUT2D eigenvalue weighted by Crippen LogP contribution is -2.42. The Morgan fingerprint density at radius 1 is 1.13 bits per heavy atom. The van der Waals surface area contributed by atoms with Crippen LogP contribution in [0.1, 0.15) is 35.9 Å². The molecule has 0 radical (unpaired) electrons. The lowest BCUT2D eigenvalue weighted by Gasteiger charge is -2.26. The van der Waals surface area contributed by atoms with Gasteiger partial charge in [-0.3, -0.25) is 4.90 Å². The van der Waals surface area contributed by atoms with E-state index in [9.17, 15) is 4.79 Å². The van der Waals surface area contributed by atoms with Crippen LogP contribution in [0, 0.1) is 6.92 Å². The quantitative estimate of drug-likeness (QED) is 0.590. The number of hydrogen-bond acceptors (Lipinski definition) is 5. The van der Waals surface area contributed by atoms with E-state index in [1.54, 1.807) is 12.5 Å². The monoisotopic (exact) mass is 408 g/mol. The van der Waals surface area contributed by atoms with E-state index in [2.05, 4.69) is 20.5 Å². The normalized spacial score (nSPS) is 15.2. The van der Waals surface area contributed by atoms with Crippen molar-refractivity contribution < 1.29 is 13.6 Å². The molecule has 1 aliphatic heterocycles. The van der Waals surface area contributed by atoms with Crippen LogP contribution in [0.2, 0.25) is 0 Å². The van der Waals surface area contributed by atoms with Gasteiger partial charge in [0, 0.05) is 25.1 Å². The van der Waals surface area contributed by atoms with Gasteiger partial charge in [0.2, 0.25) is 5.89 Å². The van der Waals surface area contributed by atoms with Crippen molar-refractivity contribution in [3.63, 3.8) is 0 Å². The lowest BCUT2D eigenvalue weighted by molar-refractivity contribution is 0.203. The Hall–Kier alpha value is -3.06. The average Bonchev–Trinajstić information content (AvgIpc) is 3.52. The molecule has 4 rings (SSSR count). The van der Waals surface area contributed by atoms with Gasteiger partial charge in [-0.25, -0.2) is 9.78 Å². The molecule has 0 spiro atoms. The van der Waals surface area contributed by atoms with Crippen LogP contribution in [-0.2, 0) is 6.42 Å². The Morgan fingerprint density at radius 2 is 1.93 bits per heavy atom. The highest BCUT2D eigenvalue weighted by atomic mass is 16.3. The topological polar surface area (TPSA) is 83.5 Å². The van der Waals surface area contributed by atoms with E-state index in [-0.39, 0.29) is 12.1 Å². The number of benzene rings is 1. The number of hydrogen-bond donors (Lipinski definition) is 2. The van der Waals surface area contributed by atoms with Crippen molar-refractivity contribution in [1.29, 1.82) is 0 Å². The molecule has 3 aromatic rings. The van der Waals surface area contributed by atoms with Gasteiger partial charge in [-0.1, -0.05) is 17.7 Å². The minimum atomic E-state index is -0.187. The highest BCUT2D eigenvalue weighted by Crippen LogP contribution is 2.24. The molecule has 1 aromatic carbocycles. The molecular formula is C23H28N4O3. The van der Waals surface area contributed by atoms with Gasteiger partial charge in [0.1, 0.15) is 12.0 Å². The molecule has 3 heterocycles. The molecule has 7 nitrogen and oxygen atoms in total. The van der Waals surface area contributed by atoms with Crippen LogP contribution < -0.4 is 10.6 Å². The summed E-state index contributed by atoms with van der Waals surface area (Å²) in [7, 11) is 0. The van der Waals surface area contributed by atoms with Gasteiger partial charge in [0.25, 0.3) is 0 Å². The molecule has 1 aliphatic rings. The van der Waals surface area contributed by atoms with Crippen LogP contribution in [0.5, 0.6) is 0 Å². The summed E-state index contributed by atoms with van der Waals surface area (Å²) in [6.45, 7) is 5.11. The number of furan rings is 1. The number of carbonyl (C=O) groups excluding carboxylic acids is 1. The van der Waals surface area contributed by atoms with Crippen molar-refractivity contribution in [3.05, 3.63) is 65.9 Å². The van der Waals surface area contributed by atoms with E-state index in [0.29, 0.717) is 25.4 Å². The van der Waals surface area contributed by atoms with Gasteiger partial charge >= 0.3 is 6.03 Å². The summed E-state index contributed by atoms with van der Waals surface area (Å²) in [5, 5.41) is 5.87. The van der Waals surface area contributed by atoms with Crippen molar-refractivity contribution in [2.45, 2.75) is 32.2 Å². The molecule has 30 heavy (non-hydrogen) atoms. The number of amides is 2. The van der Waals surface area contributed by atoms with Crippen molar-refractivity contribution in [3.8, 4) is 11.5 Å². The molecular weight excluding hydrogens is 380 g/mol. The average molecular weight is 409 g/mol. The zero-order valence-electron chi connectivity index (χ0n) is 17.3. The molecule has 1 saturated heterocycles. The summed E-state index contributed by atoms with van der Waals surface area (Å²) in [4.78, 5) is 19.1. The van der Waals surface area contributed by atoms with Crippen LogP contribution in [-0.4, -0.2) is 42.1 Å². The molecule has 1 unspecified atom stereocenters. The summed E-state index contributed by atoms with van der Waals surface area (Å²) in [5.74, 6) is 1.49. The van der Waals surface area contributed by atoms with Gasteiger partial charge in [0.05, 0.1) is 18.0 Å². The van der Waals surface area contributed by atoms with Crippen molar-refractivity contribution >= 4 is 6.03 Å². The van der Waals surface area contributed by atoms with Gasteiger partial charge in [-0.05, 0) is 57.1 Å². The van der Waals surface area contributed by atoms with E-state index in [4.69, 9.17) is 8.83 Å². The maximum Gasteiger partial charge on any atom is 0.314 e. The minimum absolute atomic E-state index is 0.0702. The molecule has 1 fully saturated rings. The fraction of sp³-hybridized carbons (Fsp3) is 0.391. The van der Waals surface area contributed by atoms with Crippen LogP contribution in [0.4, 0.5) is 4.79 Å². The minimum Gasteiger partial charge on any atom is -0.468 e. The van der Waals surface area contributed by atoms with Gasteiger partial charge < -0.3 is 19.5 Å². The first kappa shape index (κ1) is 20.2. The first-order chi connectivity index (χ1) is 14.7. The van der Waals surface area contributed by atoms with Gasteiger partial charge in [-0.15, -0.1) is 0 Å². The first-order valence-corrected chi connectivity index (χ1v) is 10.5. The molecule has 0 saturated carbocycles. The van der Waals surface area contributed by atoms with E-state index in [1.807, 2.05) is 43.3 Å². The molecule has 2 aromatic heterocycles. The predicted octanol–water partition coefficient (Wildman–Crippen LogP) is 3.92. The zero-order valence-corrected chi connectivity index (χ0v) is 17.3. The molecule has 158 valence electrons. The fourth-order valence-electron chi connectivity index (χ4n) is 3.75. The van der Waals surface area contributed by atoms with Crippen LogP contribution >= 0.6 is 0 Å². The SMILES string of the molecule is Cc1ccc(-c2nc(CCNC(=O)NCC(c3ccco3)N3CCCC3)co2)cc1. The lowest BCUT2D eigenvalue weighted by atomic mass is 10.1. The number of carbonyl (C=O) groups is 1. The largest absolute Gasteiger partial charge is 0.468 e. The Bertz CT molecular complexity index is 928. The summed E-state index contributed by atoms with van der Waals surface area (Å²) >= 11 is 0. The fourth-order valence-corrected chi connectivity index (χ4v) is 3.75. The molecule has 0 bridgehead atoms. The van der Waals surface area contributed by atoms with Crippen molar-refractivity contribution in [1.82, 2.24) is 20.5 Å². The van der Waals surface area contributed by atoms with E-state index < -0.39 is 0 Å². The third-order valence-corrected chi connectivity index (χ3v) is 5.43. The molecule has 1 atom stereocenters. The summed E-state index contributed by atoms with van der Waals surface area (Å²) < 4.78 is 11.2. The second-order valence-corrected chi connectivity index (χ2v) is 7.67. The van der Waals surface area contributed by atoms with Crippen LogP contribution in [0.15, 0.2) is 57.8 Å². The third-order valence-electron chi connectivity index (χ3n) is 5.43. The van der Waals surface area contributed by atoms with E-state index >= 15 is 0 Å². The highest BCUT2D eigenvalue weighted by Gasteiger charge is 2.25. The van der Waals surface area contributed by atoms with Crippen molar-refractivity contribution in [2.24, 2.45) is 0 Å². The van der Waals surface area contributed by atoms with Crippen LogP contribution in [0.25, 0.3) is 11.5 Å². The zero-order chi connectivity index (χ0) is 20.8. The molecule has 2 amide bonds. The van der Waals surface area contributed by atoms with E-state index in [0.717, 1.165) is 30.1 Å². The molecule has 0 aliphatic carbocycles. The number of urea groups is 1. The van der Waals surface area contributed by atoms with Crippen molar-refractivity contribution in [2.75, 3.05) is 26.2 Å². The number of aryl methyl sites for hydroxylation is 1. The Labute approximate surface area is 176 Å². The van der Waals surface area contributed by atoms with E-state index in [1.165, 1.54) is 18.4 Å². The Kier molecular flexibility index (Phi) is 6.49. The second kappa shape index (κ2) is 9.63. The van der Waals surface area contributed by atoms with Gasteiger partial charge in [0.15, 0.2) is 0 Å². The number of oxazole rings is 1. The standard InChI is InChI=1S/C23H28N4O3/c1-17-6-8-18(9-7-17)22-26-19(16-30-22)10-11-24-23(28)25-15-20(21-5-4-14-29-21)27-12-2-3-13-27/h4-9,14,16,20H,2-3,10-13,15H2,1H3,(H2,24,25,28). The summed E-state index contributed by atoms with van der Waals surface area (Å²) in [6.07, 6.45) is 6.31. The number of rotatable bonds is 8. The summed E-state index contributed by atoms with van der Waals surface area (Å²) in [6, 6.07) is 11.8. The number of aromatic nitrogens is 1. The Balaban J connectivity index is 1.23. The number of nitrogens with one attached hydrogen (secondary N) is 2. The number of nitrogens with zero attached hydrogens (tertiary/aromatic N) is 2. The van der Waals surface area contributed by atoms with Gasteiger partial charge in [-0.2, -0.15) is 0 Å². The first-order valence-electron chi connectivity index (χ1n) is 10.5. The van der Waals surface area contributed by atoms with Crippen LogP contribution in [0.3, 0.4) is 0 Å². The second-order valence-electron chi connectivity index (χ2n) is 7.67. The summed E-state index contributed by atoms with van der Waals surface area (Å²) in [5.41, 5.74) is 2.96. The highest BCUT2D eigenvalue weighted by molar-refractivity contribution is 5.73. The third kappa shape index (κ3) is 5.10. The maximum atomic E-state index is 12.3. The number of likely N-dealkylation sites (tertiary alicyclic amines) is 1. The predicted molar refractivity (Wildman–Crippen MR) is 114 cm³/mol.